The van der Waals surface area contributed by atoms with Crippen molar-refractivity contribution in [3.05, 3.63) is 70.0 Å². The van der Waals surface area contributed by atoms with Crippen molar-refractivity contribution in [2.24, 2.45) is 5.73 Å². The molecule has 0 heterocycles. The number of aryl methyl sites for hydroxylation is 1. The lowest BCUT2D eigenvalue weighted by Gasteiger charge is -2.27. The van der Waals surface area contributed by atoms with Crippen molar-refractivity contribution in [3.63, 3.8) is 0 Å². The molecule has 0 bridgehead atoms. The number of halogens is 2. The summed E-state index contributed by atoms with van der Waals surface area (Å²) in [6.07, 6.45) is 0. The molecule has 0 saturated heterocycles. The summed E-state index contributed by atoms with van der Waals surface area (Å²) in [4.78, 5) is 0. The van der Waals surface area contributed by atoms with Crippen LogP contribution >= 0.6 is 11.6 Å². The molecule has 2 aromatic carbocycles. The zero-order valence-corrected chi connectivity index (χ0v) is 11.1. The summed E-state index contributed by atoms with van der Waals surface area (Å²) in [6.45, 7) is 3.83. The second-order valence-corrected chi connectivity index (χ2v) is 5.10. The fourth-order valence-corrected chi connectivity index (χ4v) is 2.33. The van der Waals surface area contributed by atoms with Crippen LogP contribution < -0.4 is 5.73 Å². The SMILES string of the molecule is Cc1cccc(C(C)(N)c2cc(F)ccc2Cl)c1. The fourth-order valence-electron chi connectivity index (χ4n) is 2.02. The molecule has 2 N–H and O–H groups in total. The van der Waals surface area contributed by atoms with Gasteiger partial charge < -0.3 is 5.73 Å². The molecule has 2 rings (SSSR count). The Morgan fingerprint density at radius 2 is 1.89 bits per heavy atom. The van der Waals surface area contributed by atoms with Crippen LogP contribution in [0.5, 0.6) is 0 Å². The predicted molar refractivity (Wildman–Crippen MR) is 73.2 cm³/mol. The maximum Gasteiger partial charge on any atom is 0.123 e. The molecule has 0 amide bonds. The van der Waals surface area contributed by atoms with Gasteiger partial charge in [-0.2, -0.15) is 0 Å². The molecule has 1 atom stereocenters. The van der Waals surface area contributed by atoms with Crippen LogP contribution in [0.1, 0.15) is 23.6 Å². The van der Waals surface area contributed by atoms with E-state index in [1.54, 1.807) is 0 Å². The molecule has 94 valence electrons. The second kappa shape index (κ2) is 4.71. The summed E-state index contributed by atoms with van der Waals surface area (Å²) in [5.74, 6) is -0.335. The van der Waals surface area contributed by atoms with E-state index in [9.17, 15) is 4.39 Å². The molecule has 0 aromatic heterocycles. The van der Waals surface area contributed by atoms with Gasteiger partial charge in [-0.15, -0.1) is 0 Å². The highest BCUT2D eigenvalue weighted by Gasteiger charge is 2.26. The van der Waals surface area contributed by atoms with Crippen molar-refractivity contribution in [2.75, 3.05) is 0 Å². The Balaban J connectivity index is 2.57. The van der Waals surface area contributed by atoms with E-state index in [1.165, 1.54) is 18.2 Å². The first-order chi connectivity index (χ1) is 8.41. The summed E-state index contributed by atoms with van der Waals surface area (Å²) in [5, 5.41) is 0.475. The molecule has 1 nitrogen and oxygen atoms in total. The van der Waals surface area contributed by atoms with Crippen LogP contribution in [0.15, 0.2) is 42.5 Å². The zero-order valence-electron chi connectivity index (χ0n) is 10.4. The minimum atomic E-state index is -0.814. The van der Waals surface area contributed by atoms with E-state index in [1.807, 2.05) is 38.1 Å². The van der Waals surface area contributed by atoms with E-state index in [2.05, 4.69) is 0 Å². The lowest BCUT2D eigenvalue weighted by Crippen LogP contribution is -2.34. The van der Waals surface area contributed by atoms with Crippen LogP contribution in [-0.4, -0.2) is 0 Å². The summed E-state index contributed by atoms with van der Waals surface area (Å²) >= 11 is 6.12. The molecule has 0 spiro atoms. The van der Waals surface area contributed by atoms with Crippen molar-refractivity contribution in [2.45, 2.75) is 19.4 Å². The maximum atomic E-state index is 13.4. The van der Waals surface area contributed by atoms with Crippen LogP contribution in [0.4, 0.5) is 4.39 Å². The zero-order chi connectivity index (χ0) is 13.3. The Hall–Kier alpha value is -1.38. The molecule has 0 saturated carbocycles. The van der Waals surface area contributed by atoms with Gasteiger partial charge in [0.25, 0.3) is 0 Å². The molecule has 3 heteroatoms. The van der Waals surface area contributed by atoms with E-state index in [0.717, 1.165) is 11.1 Å². The van der Waals surface area contributed by atoms with Gasteiger partial charge in [-0.05, 0) is 43.2 Å². The molecule has 0 fully saturated rings. The van der Waals surface area contributed by atoms with Gasteiger partial charge in [0.2, 0.25) is 0 Å². The molecular weight excluding hydrogens is 249 g/mol. The van der Waals surface area contributed by atoms with Crippen molar-refractivity contribution >= 4 is 11.6 Å². The number of rotatable bonds is 2. The normalized spacial score (nSPS) is 14.3. The Morgan fingerprint density at radius 1 is 1.17 bits per heavy atom. The van der Waals surface area contributed by atoms with Gasteiger partial charge in [0, 0.05) is 5.02 Å². The standard InChI is InChI=1S/C15H15ClFN/c1-10-4-3-5-11(8-10)15(2,18)13-9-12(17)6-7-14(13)16/h3-9H,18H2,1-2H3. The molecule has 1 unspecified atom stereocenters. The lowest BCUT2D eigenvalue weighted by molar-refractivity contribution is 0.581. The van der Waals surface area contributed by atoms with E-state index in [0.29, 0.717) is 10.6 Å². The van der Waals surface area contributed by atoms with Crippen molar-refractivity contribution in [3.8, 4) is 0 Å². The average Bonchev–Trinajstić information content (AvgIpc) is 2.32. The van der Waals surface area contributed by atoms with Gasteiger partial charge in [-0.25, -0.2) is 4.39 Å². The van der Waals surface area contributed by atoms with Crippen molar-refractivity contribution in [1.82, 2.24) is 0 Å². The molecule has 18 heavy (non-hydrogen) atoms. The molecular formula is C15H15ClFN. The maximum absolute atomic E-state index is 13.4. The van der Waals surface area contributed by atoms with Gasteiger partial charge in [-0.3, -0.25) is 0 Å². The Bertz CT molecular complexity index is 578. The number of hydrogen-bond donors (Lipinski definition) is 1. The smallest absolute Gasteiger partial charge is 0.123 e. The Labute approximate surface area is 111 Å². The van der Waals surface area contributed by atoms with Gasteiger partial charge in [0.05, 0.1) is 5.54 Å². The highest BCUT2D eigenvalue weighted by Crippen LogP contribution is 2.32. The van der Waals surface area contributed by atoms with Gasteiger partial charge in [0.15, 0.2) is 0 Å². The predicted octanol–water partition coefficient (Wildman–Crippen LogP) is 4.01. The first kappa shape index (κ1) is 13.1. The largest absolute Gasteiger partial charge is 0.318 e. The molecule has 0 aliphatic rings. The Kier molecular flexibility index (Phi) is 3.42. The highest BCUT2D eigenvalue weighted by molar-refractivity contribution is 6.31. The molecule has 0 radical (unpaired) electrons. The van der Waals surface area contributed by atoms with Crippen LogP contribution in [-0.2, 0) is 5.54 Å². The van der Waals surface area contributed by atoms with E-state index >= 15 is 0 Å². The number of hydrogen-bond acceptors (Lipinski definition) is 1. The summed E-state index contributed by atoms with van der Waals surface area (Å²) in [5.41, 5.74) is 8.15. The quantitative estimate of drug-likeness (QED) is 0.870. The van der Waals surface area contributed by atoms with Crippen molar-refractivity contribution < 1.29 is 4.39 Å². The molecule has 0 aliphatic heterocycles. The summed E-state index contributed by atoms with van der Waals surface area (Å²) in [7, 11) is 0. The highest BCUT2D eigenvalue weighted by atomic mass is 35.5. The van der Waals surface area contributed by atoms with Crippen LogP contribution in [0, 0.1) is 12.7 Å². The molecule has 0 aliphatic carbocycles. The Morgan fingerprint density at radius 3 is 2.56 bits per heavy atom. The monoisotopic (exact) mass is 263 g/mol. The minimum absolute atomic E-state index is 0.335. The number of nitrogens with two attached hydrogens (primary N) is 1. The van der Waals surface area contributed by atoms with E-state index in [4.69, 9.17) is 17.3 Å². The fraction of sp³-hybridized carbons (Fsp3) is 0.200. The first-order valence-electron chi connectivity index (χ1n) is 5.73. The van der Waals surface area contributed by atoms with Gasteiger partial charge in [0.1, 0.15) is 5.82 Å². The molecule has 2 aromatic rings. The van der Waals surface area contributed by atoms with Crippen LogP contribution in [0.25, 0.3) is 0 Å². The third-order valence-electron chi connectivity index (χ3n) is 3.11. The number of benzene rings is 2. The third kappa shape index (κ3) is 2.40. The summed E-state index contributed by atoms with van der Waals surface area (Å²) < 4.78 is 13.4. The van der Waals surface area contributed by atoms with Crippen LogP contribution in [0.3, 0.4) is 0 Å². The van der Waals surface area contributed by atoms with Gasteiger partial charge >= 0.3 is 0 Å². The second-order valence-electron chi connectivity index (χ2n) is 4.70. The van der Waals surface area contributed by atoms with E-state index < -0.39 is 5.54 Å². The lowest BCUT2D eigenvalue weighted by atomic mass is 9.85. The average molecular weight is 264 g/mol. The first-order valence-corrected chi connectivity index (χ1v) is 6.10. The third-order valence-corrected chi connectivity index (χ3v) is 3.44. The van der Waals surface area contributed by atoms with Crippen LogP contribution in [0.2, 0.25) is 5.02 Å². The topological polar surface area (TPSA) is 26.0 Å². The summed E-state index contributed by atoms with van der Waals surface area (Å²) in [6, 6.07) is 12.1. The minimum Gasteiger partial charge on any atom is -0.318 e. The van der Waals surface area contributed by atoms with E-state index in [-0.39, 0.29) is 5.82 Å². The van der Waals surface area contributed by atoms with Crippen molar-refractivity contribution in [1.29, 1.82) is 0 Å². The van der Waals surface area contributed by atoms with Gasteiger partial charge in [-0.1, -0.05) is 41.4 Å².